The van der Waals surface area contributed by atoms with Crippen molar-refractivity contribution in [2.75, 3.05) is 6.54 Å². The average Bonchev–Trinajstić information content (AvgIpc) is 2.83. The van der Waals surface area contributed by atoms with E-state index < -0.39 is 0 Å². The smallest absolute Gasteiger partial charge is 0.246 e. The molecule has 1 unspecified atom stereocenters. The molecule has 1 aromatic heterocycles. The predicted octanol–water partition coefficient (Wildman–Crippen LogP) is 1.68. The van der Waals surface area contributed by atoms with E-state index in [2.05, 4.69) is 31.1 Å². The third kappa shape index (κ3) is 3.07. The molecule has 0 saturated carbocycles. The number of hydrogen-bond donors (Lipinski definition) is 1. The summed E-state index contributed by atoms with van der Waals surface area (Å²) in [7, 11) is 0. The van der Waals surface area contributed by atoms with Gasteiger partial charge in [0.15, 0.2) is 0 Å². The molecule has 1 N–H and O–H groups in total. The van der Waals surface area contributed by atoms with E-state index in [-0.39, 0.29) is 36.4 Å². The summed E-state index contributed by atoms with van der Waals surface area (Å²) in [6.07, 6.45) is 0.688. The minimum absolute atomic E-state index is 0.0157. The van der Waals surface area contributed by atoms with Crippen LogP contribution in [0.2, 0.25) is 0 Å². The van der Waals surface area contributed by atoms with Crippen molar-refractivity contribution in [3.63, 3.8) is 0 Å². The molecule has 0 aliphatic carbocycles. The number of hydrogen-bond acceptors (Lipinski definition) is 5. The van der Waals surface area contributed by atoms with Crippen molar-refractivity contribution in [2.45, 2.75) is 52.1 Å². The molecule has 2 amide bonds. The van der Waals surface area contributed by atoms with Crippen LogP contribution < -0.4 is 5.32 Å². The maximum Gasteiger partial charge on any atom is 0.246 e. The van der Waals surface area contributed by atoms with Crippen LogP contribution in [0.4, 0.5) is 0 Å². The summed E-state index contributed by atoms with van der Waals surface area (Å²) in [6.45, 7) is 8.74. The first-order valence-electron chi connectivity index (χ1n) is 6.85. The first kappa shape index (κ1) is 15.1. The molecule has 0 radical (unpaired) electrons. The lowest BCUT2D eigenvalue weighted by Crippen LogP contribution is -2.57. The average molecular weight is 295 g/mol. The van der Waals surface area contributed by atoms with Crippen LogP contribution in [0.5, 0.6) is 0 Å². The van der Waals surface area contributed by atoms with Gasteiger partial charge in [-0.1, -0.05) is 27.7 Å². The third-order valence-corrected chi connectivity index (χ3v) is 4.22. The van der Waals surface area contributed by atoms with Gasteiger partial charge in [-0.3, -0.25) is 19.8 Å². The SMILES string of the molecule is CCC1NCC(=O)N(Cc2nc(C(C)(C)C)cs2)C1=O. The summed E-state index contributed by atoms with van der Waals surface area (Å²) in [5, 5.41) is 5.77. The fourth-order valence-electron chi connectivity index (χ4n) is 2.05. The van der Waals surface area contributed by atoms with Crippen molar-refractivity contribution in [1.82, 2.24) is 15.2 Å². The lowest BCUT2D eigenvalue weighted by Gasteiger charge is -2.30. The minimum atomic E-state index is -0.255. The van der Waals surface area contributed by atoms with Gasteiger partial charge in [-0.15, -0.1) is 11.3 Å². The Balaban J connectivity index is 2.13. The quantitative estimate of drug-likeness (QED) is 0.862. The number of carbonyl (C=O) groups is 2. The number of nitrogens with one attached hydrogen (secondary N) is 1. The Morgan fingerprint density at radius 2 is 2.15 bits per heavy atom. The van der Waals surface area contributed by atoms with Gasteiger partial charge in [0.05, 0.1) is 24.8 Å². The van der Waals surface area contributed by atoms with Gasteiger partial charge in [-0.05, 0) is 6.42 Å². The number of rotatable bonds is 3. The highest BCUT2D eigenvalue weighted by atomic mass is 32.1. The molecule has 1 aromatic rings. The maximum absolute atomic E-state index is 12.2. The number of imide groups is 1. The molecule has 1 saturated heterocycles. The lowest BCUT2D eigenvalue weighted by atomic mass is 9.93. The van der Waals surface area contributed by atoms with E-state index in [1.807, 2.05) is 12.3 Å². The predicted molar refractivity (Wildman–Crippen MR) is 78.5 cm³/mol. The molecule has 1 aliphatic heterocycles. The van der Waals surface area contributed by atoms with E-state index in [0.717, 1.165) is 10.7 Å². The van der Waals surface area contributed by atoms with Crippen molar-refractivity contribution >= 4 is 23.2 Å². The summed E-state index contributed by atoms with van der Waals surface area (Å²) in [5.74, 6) is -0.316. The number of thiazole rings is 1. The van der Waals surface area contributed by atoms with Gasteiger partial charge in [0, 0.05) is 10.8 Å². The van der Waals surface area contributed by atoms with Crippen molar-refractivity contribution in [1.29, 1.82) is 0 Å². The molecule has 0 aromatic carbocycles. The molecule has 1 aliphatic rings. The van der Waals surface area contributed by atoms with Crippen LogP contribution in [0.15, 0.2) is 5.38 Å². The fraction of sp³-hybridized carbons (Fsp3) is 0.643. The van der Waals surface area contributed by atoms with E-state index in [9.17, 15) is 9.59 Å². The Bertz CT molecular complexity index is 519. The second-order valence-electron chi connectivity index (χ2n) is 6.04. The Morgan fingerprint density at radius 1 is 1.45 bits per heavy atom. The molecular formula is C14H21N3O2S. The fourth-order valence-corrected chi connectivity index (χ4v) is 3.06. The normalized spacial score (nSPS) is 20.6. The number of aromatic nitrogens is 1. The zero-order chi connectivity index (χ0) is 14.9. The number of piperazine rings is 1. The van der Waals surface area contributed by atoms with Gasteiger partial charge in [0.1, 0.15) is 5.01 Å². The number of carbonyl (C=O) groups excluding carboxylic acids is 2. The Labute approximate surface area is 123 Å². The lowest BCUT2D eigenvalue weighted by molar-refractivity contribution is -0.150. The highest BCUT2D eigenvalue weighted by Crippen LogP contribution is 2.25. The van der Waals surface area contributed by atoms with E-state index in [4.69, 9.17) is 0 Å². The second kappa shape index (κ2) is 5.61. The van der Waals surface area contributed by atoms with Crippen molar-refractivity contribution in [3.8, 4) is 0 Å². The Hall–Kier alpha value is -1.27. The van der Waals surface area contributed by atoms with Crippen molar-refractivity contribution in [2.24, 2.45) is 0 Å². The molecule has 2 rings (SSSR count). The molecule has 20 heavy (non-hydrogen) atoms. The van der Waals surface area contributed by atoms with Crippen LogP contribution in [0.25, 0.3) is 0 Å². The summed E-state index contributed by atoms with van der Waals surface area (Å²) in [6, 6.07) is -0.255. The minimum Gasteiger partial charge on any atom is -0.297 e. The van der Waals surface area contributed by atoms with Gasteiger partial charge < -0.3 is 0 Å². The van der Waals surface area contributed by atoms with Crippen LogP contribution in [0.3, 0.4) is 0 Å². The molecule has 5 nitrogen and oxygen atoms in total. The summed E-state index contributed by atoms with van der Waals surface area (Å²) >= 11 is 1.51. The molecule has 0 bridgehead atoms. The van der Waals surface area contributed by atoms with E-state index >= 15 is 0 Å². The second-order valence-corrected chi connectivity index (χ2v) is 6.98. The Kier molecular flexibility index (Phi) is 4.25. The Morgan fingerprint density at radius 3 is 2.70 bits per heavy atom. The highest BCUT2D eigenvalue weighted by molar-refractivity contribution is 7.09. The van der Waals surface area contributed by atoms with Gasteiger partial charge in [0.2, 0.25) is 11.8 Å². The van der Waals surface area contributed by atoms with Crippen LogP contribution in [0.1, 0.15) is 44.8 Å². The van der Waals surface area contributed by atoms with Crippen LogP contribution in [-0.4, -0.2) is 34.3 Å². The zero-order valence-corrected chi connectivity index (χ0v) is 13.2. The molecule has 2 heterocycles. The van der Waals surface area contributed by atoms with Gasteiger partial charge in [-0.2, -0.15) is 0 Å². The largest absolute Gasteiger partial charge is 0.297 e. The molecular weight excluding hydrogens is 274 g/mol. The molecule has 1 fully saturated rings. The third-order valence-electron chi connectivity index (χ3n) is 3.39. The molecule has 110 valence electrons. The monoisotopic (exact) mass is 295 g/mol. The van der Waals surface area contributed by atoms with Gasteiger partial charge in [-0.25, -0.2) is 4.98 Å². The summed E-state index contributed by atoms with van der Waals surface area (Å²) in [4.78, 5) is 30.0. The van der Waals surface area contributed by atoms with Gasteiger partial charge in [0.25, 0.3) is 0 Å². The maximum atomic E-state index is 12.2. The topological polar surface area (TPSA) is 62.3 Å². The first-order chi connectivity index (χ1) is 9.32. The summed E-state index contributed by atoms with van der Waals surface area (Å²) < 4.78 is 0. The van der Waals surface area contributed by atoms with Crippen LogP contribution in [0, 0.1) is 0 Å². The number of amides is 2. The zero-order valence-electron chi connectivity index (χ0n) is 12.4. The van der Waals surface area contributed by atoms with Crippen molar-refractivity contribution in [3.05, 3.63) is 16.1 Å². The number of nitrogens with zero attached hydrogens (tertiary/aromatic N) is 2. The highest BCUT2D eigenvalue weighted by Gasteiger charge is 2.33. The van der Waals surface area contributed by atoms with Crippen molar-refractivity contribution < 1.29 is 9.59 Å². The first-order valence-corrected chi connectivity index (χ1v) is 7.73. The van der Waals surface area contributed by atoms with Gasteiger partial charge >= 0.3 is 0 Å². The van der Waals surface area contributed by atoms with Crippen LogP contribution in [-0.2, 0) is 21.5 Å². The van der Waals surface area contributed by atoms with E-state index in [1.54, 1.807) is 0 Å². The molecule has 6 heteroatoms. The van der Waals surface area contributed by atoms with E-state index in [0.29, 0.717) is 6.42 Å². The van der Waals surface area contributed by atoms with Crippen LogP contribution >= 0.6 is 11.3 Å². The standard InChI is InChI=1S/C14H21N3O2S/c1-5-9-13(19)17(12(18)6-15-9)7-11-16-10(8-20-11)14(2,3)4/h8-9,15H,5-7H2,1-4H3. The molecule has 0 spiro atoms. The molecule has 1 atom stereocenters. The van der Waals surface area contributed by atoms with E-state index in [1.165, 1.54) is 16.2 Å². The summed E-state index contributed by atoms with van der Waals surface area (Å²) in [5.41, 5.74) is 0.984.